The first-order valence-electron chi connectivity index (χ1n) is 5.99. The molecule has 0 bridgehead atoms. The Morgan fingerprint density at radius 2 is 1.44 bits per heavy atom. The zero-order valence-electron chi connectivity index (χ0n) is 10.5. The van der Waals surface area contributed by atoms with Crippen LogP contribution in [-0.2, 0) is 14.2 Å². The highest BCUT2D eigenvalue weighted by atomic mass is 16.6. The van der Waals surface area contributed by atoms with Crippen LogP contribution < -0.4 is 4.74 Å². The van der Waals surface area contributed by atoms with E-state index in [1.807, 2.05) is 30.3 Å². The molecule has 0 atom stereocenters. The van der Waals surface area contributed by atoms with Crippen molar-refractivity contribution in [3.63, 3.8) is 0 Å². The van der Waals surface area contributed by atoms with Gasteiger partial charge in [-0.3, -0.25) is 0 Å². The van der Waals surface area contributed by atoms with Crippen molar-refractivity contribution in [3.05, 3.63) is 43.2 Å². The van der Waals surface area contributed by atoms with E-state index in [1.54, 1.807) is 0 Å². The minimum absolute atomic E-state index is 0.528. The molecule has 0 aliphatic heterocycles. The molecule has 0 unspecified atom stereocenters. The van der Waals surface area contributed by atoms with Gasteiger partial charge in [-0.1, -0.05) is 24.8 Å². The Balaban J connectivity index is 1.83. The predicted molar refractivity (Wildman–Crippen MR) is 69.7 cm³/mol. The van der Waals surface area contributed by atoms with Crippen molar-refractivity contribution in [1.29, 1.82) is 0 Å². The van der Waals surface area contributed by atoms with Gasteiger partial charge in [0.25, 0.3) is 0 Å². The molecule has 0 radical (unpaired) electrons. The van der Waals surface area contributed by atoms with Gasteiger partial charge in [0.05, 0.1) is 32.7 Å². The zero-order chi connectivity index (χ0) is 12.9. The lowest BCUT2D eigenvalue weighted by molar-refractivity contribution is 0.0227. The highest BCUT2D eigenvalue weighted by Gasteiger charge is 1.93. The van der Waals surface area contributed by atoms with Gasteiger partial charge in [-0.15, -0.1) is 0 Å². The summed E-state index contributed by atoms with van der Waals surface area (Å²) in [7, 11) is 0. The molecule has 1 rings (SSSR count). The highest BCUT2D eigenvalue weighted by molar-refractivity contribution is 5.20. The number of hydrogen-bond donors (Lipinski definition) is 0. The second kappa shape index (κ2) is 10.6. The summed E-state index contributed by atoms with van der Waals surface area (Å²) in [5.41, 5.74) is 0. The molecule has 0 aliphatic rings. The van der Waals surface area contributed by atoms with Crippen LogP contribution in [0.1, 0.15) is 0 Å². The van der Waals surface area contributed by atoms with Crippen molar-refractivity contribution < 1.29 is 18.9 Å². The van der Waals surface area contributed by atoms with Gasteiger partial charge < -0.3 is 18.9 Å². The Morgan fingerprint density at radius 1 is 0.833 bits per heavy atom. The first-order valence-corrected chi connectivity index (χ1v) is 5.99. The standard InChI is InChI=1S/C14H20O4/c1-2-15-8-9-16-10-11-17-12-13-18-14-6-4-3-5-7-14/h2-7H,1,8-13H2. The monoisotopic (exact) mass is 252 g/mol. The summed E-state index contributed by atoms with van der Waals surface area (Å²) < 4.78 is 21.0. The van der Waals surface area contributed by atoms with Gasteiger partial charge >= 0.3 is 0 Å². The van der Waals surface area contributed by atoms with E-state index >= 15 is 0 Å². The Kier molecular flexibility index (Phi) is 8.58. The third-order valence-corrected chi connectivity index (χ3v) is 2.07. The molecule has 0 amide bonds. The van der Waals surface area contributed by atoms with E-state index in [0.29, 0.717) is 39.6 Å². The van der Waals surface area contributed by atoms with Gasteiger partial charge in [0.1, 0.15) is 19.0 Å². The van der Waals surface area contributed by atoms with E-state index < -0.39 is 0 Å². The first-order chi connectivity index (χ1) is 8.93. The van der Waals surface area contributed by atoms with Crippen LogP contribution in [0.4, 0.5) is 0 Å². The summed E-state index contributed by atoms with van der Waals surface area (Å²) in [5, 5.41) is 0. The molecule has 0 fully saturated rings. The fourth-order valence-electron chi connectivity index (χ4n) is 1.25. The van der Waals surface area contributed by atoms with Gasteiger partial charge in [-0.05, 0) is 12.1 Å². The van der Waals surface area contributed by atoms with Crippen LogP contribution in [0.3, 0.4) is 0 Å². The predicted octanol–water partition coefficient (Wildman–Crippen LogP) is 2.26. The van der Waals surface area contributed by atoms with Crippen LogP contribution in [0.5, 0.6) is 5.75 Å². The Labute approximate surface area is 108 Å². The summed E-state index contributed by atoms with van der Waals surface area (Å²) in [6.45, 7) is 6.74. The normalized spacial score (nSPS) is 10.0. The molecule has 0 aliphatic carbocycles. The zero-order valence-corrected chi connectivity index (χ0v) is 10.5. The molecule has 0 N–H and O–H groups in total. The summed E-state index contributed by atoms with van der Waals surface area (Å²) >= 11 is 0. The molecular weight excluding hydrogens is 232 g/mol. The summed E-state index contributed by atoms with van der Waals surface area (Å²) in [6.07, 6.45) is 1.40. The average Bonchev–Trinajstić information content (AvgIpc) is 2.42. The number of para-hydroxylation sites is 1. The summed E-state index contributed by atoms with van der Waals surface area (Å²) in [4.78, 5) is 0. The molecular formula is C14H20O4. The van der Waals surface area contributed by atoms with E-state index in [2.05, 4.69) is 6.58 Å². The first kappa shape index (κ1) is 14.5. The highest BCUT2D eigenvalue weighted by Crippen LogP contribution is 2.07. The van der Waals surface area contributed by atoms with Crippen molar-refractivity contribution >= 4 is 0 Å². The van der Waals surface area contributed by atoms with Crippen molar-refractivity contribution in [2.45, 2.75) is 0 Å². The Bertz CT molecular complexity index is 300. The maximum absolute atomic E-state index is 5.47. The van der Waals surface area contributed by atoms with Crippen LogP contribution in [0.25, 0.3) is 0 Å². The maximum atomic E-state index is 5.47. The number of hydrogen-bond acceptors (Lipinski definition) is 4. The largest absolute Gasteiger partial charge is 0.499 e. The molecule has 0 heterocycles. The fourth-order valence-corrected chi connectivity index (χ4v) is 1.25. The minimum Gasteiger partial charge on any atom is -0.499 e. The summed E-state index contributed by atoms with van der Waals surface area (Å²) in [6, 6.07) is 9.67. The van der Waals surface area contributed by atoms with Gasteiger partial charge in [0, 0.05) is 0 Å². The van der Waals surface area contributed by atoms with Crippen LogP contribution in [0, 0.1) is 0 Å². The number of benzene rings is 1. The maximum Gasteiger partial charge on any atom is 0.119 e. The lowest BCUT2D eigenvalue weighted by Gasteiger charge is -2.07. The van der Waals surface area contributed by atoms with E-state index in [0.717, 1.165) is 5.75 Å². The number of rotatable bonds is 11. The molecule has 0 saturated carbocycles. The third-order valence-electron chi connectivity index (χ3n) is 2.07. The van der Waals surface area contributed by atoms with Crippen molar-refractivity contribution in [3.8, 4) is 5.75 Å². The third kappa shape index (κ3) is 7.70. The van der Waals surface area contributed by atoms with Crippen LogP contribution >= 0.6 is 0 Å². The van der Waals surface area contributed by atoms with Crippen LogP contribution in [0.15, 0.2) is 43.2 Å². The van der Waals surface area contributed by atoms with Crippen molar-refractivity contribution in [2.75, 3.05) is 39.6 Å². The minimum atomic E-state index is 0.528. The summed E-state index contributed by atoms with van der Waals surface area (Å²) in [5.74, 6) is 0.860. The van der Waals surface area contributed by atoms with Crippen LogP contribution in [0.2, 0.25) is 0 Å². The molecule has 0 aromatic heterocycles. The topological polar surface area (TPSA) is 36.9 Å². The second-order valence-corrected chi connectivity index (χ2v) is 3.42. The van der Waals surface area contributed by atoms with E-state index in [-0.39, 0.29) is 0 Å². The van der Waals surface area contributed by atoms with E-state index in [4.69, 9.17) is 18.9 Å². The lowest BCUT2D eigenvalue weighted by atomic mass is 10.3. The van der Waals surface area contributed by atoms with Crippen molar-refractivity contribution in [1.82, 2.24) is 0 Å². The molecule has 4 nitrogen and oxygen atoms in total. The van der Waals surface area contributed by atoms with Gasteiger partial charge in [0.2, 0.25) is 0 Å². The quantitative estimate of drug-likeness (QED) is 0.447. The fraction of sp³-hybridized carbons (Fsp3) is 0.429. The molecule has 1 aromatic carbocycles. The lowest BCUT2D eigenvalue weighted by Crippen LogP contribution is -2.12. The van der Waals surface area contributed by atoms with E-state index in [9.17, 15) is 0 Å². The molecule has 1 aromatic rings. The van der Waals surface area contributed by atoms with Crippen molar-refractivity contribution in [2.24, 2.45) is 0 Å². The molecule has 4 heteroatoms. The molecule has 100 valence electrons. The second-order valence-electron chi connectivity index (χ2n) is 3.42. The number of ether oxygens (including phenoxy) is 4. The average molecular weight is 252 g/mol. The van der Waals surface area contributed by atoms with Crippen LogP contribution in [-0.4, -0.2) is 39.6 Å². The van der Waals surface area contributed by atoms with E-state index in [1.165, 1.54) is 6.26 Å². The smallest absolute Gasteiger partial charge is 0.119 e. The van der Waals surface area contributed by atoms with Gasteiger partial charge in [-0.25, -0.2) is 0 Å². The Hall–Kier alpha value is -1.52. The van der Waals surface area contributed by atoms with Gasteiger partial charge in [-0.2, -0.15) is 0 Å². The van der Waals surface area contributed by atoms with Gasteiger partial charge in [0.15, 0.2) is 0 Å². The Morgan fingerprint density at radius 3 is 2.11 bits per heavy atom. The molecule has 0 spiro atoms. The molecule has 0 saturated heterocycles. The SMILES string of the molecule is C=COCCOCCOCCOc1ccccc1. The molecule has 18 heavy (non-hydrogen) atoms.